The van der Waals surface area contributed by atoms with Gasteiger partial charge in [-0.2, -0.15) is 0 Å². The maximum atomic E-state index is 11.3. The maximum absolute atomic E-state index is 11.3. The van der Waals surface area contributed by atoms with Crippen molar-refractivity contribution in [3.05, 3.63) is 36.5 Å². The number of oxazole rings is 1. The topological polar surface area (TPSA) is 65.2 Å². The van der Waals surface area contributed by atoms with Crippen molar-refractivity contribution < 1.29 is 13.9 Å². The van der Waals surface area contributed by atoms with Gasteiger partial charge in [0, 0.05) is 12.4 Å². The molecular weight excluding hydrogens is 208 g/mol. The van der Waals surface area contributed by atoms with E-state index in [-0.39, 0.29) is 5.76 Å². The summed E-state index contributed by atoms with van der Waals surface area (Å²) in [5, 5.41) is 0. The molecule has 0 aromatic carbocycles. The highest BCUT2D eigenvalue weighted by atomic mass is 16.5. The molecule has 0 aliphatic carbocycles. The van der Waals surface area contributed by atoms with Gasteiger partial charge in [0.15, 0.2) is 0 Å². The van der Waals surface area contributed by atoms with Crippen molar-refractivity contribution in [3.8, 4) is 11.5 Å². The number of esters is 1. The van der Waals surface area contributed by atoms with E-state index in [1.165, 1.54) is 6.20 Å². The van der Waals surface area contributed by atoms with Crippen molar-refractivity contribution in [1.82, 2.24) is 9.97 Å². The molecule has 0 amide bonds. The Morgan fingerprint density at radius 3 is 3.06 bits per heavy atom. The molecule has 0 radical (unpaired) electrons. The van der Waals surface area contributed by atoms with E-state index in [9.17, 15) is 4.79 Å². The Kier molecular flexibility index (Phi) is 2.95. The first-order valence-electron chi connectivity index (χ1n) is 4.84. The highest BCUT2D eigenvalue weighted by Crippen LogP contribution is 2.17. The van der Waals surface area contributed by atoms with E-state index in [0.29, 0.717) is 12.5 Å². The third kappa shape index (κ3) is 2.08. The lowest BCUT2D eigenvalue weighted by atomic mass is 10.3. The molecule has 2 aromatic rings. The zero-order chi connectivity index (χ0) is 11.4. The van der Waals surface area contributed by atoms with Crippen LogP contribution in [0.1, 0.15) is 17.5 Å². The fraction of sp³-hybridized carbons (Fsp3) is 0.182. The zero-order valence-corrected chi connectivity index (χ0v) is 8.71. The molecule has 5 nitrogen and oxygen atoms in total. The van der Waals surface area contributed by atoms with E-state index in [1.807, 2.05) is 0 Å². The standard InChI is InChI=1S/C11H10N2O3/c1-2-15-11(14)9-7-13-10(16-9)8-4-3-5-12-6-8/h3-7H,2H2,1H3. The Morgan fingerprint density at radius 2 is 2.38 bits per heavy atom. The van der Waals surface area contributed by atoms with Crippen LogP contribution in [0, 0.1) is 0 Å². The third-order valence-electron chi connectivity index (χ3n) is 1.89. The van der Waals surface area contributed by atoms with Gasteiger partial charge >= 0.3 is 5.97 Å². The summed E-state index contributed by atoms with van der Waals surface area (Å²) >= 11 is 0. The summed E-state index contributed by atoms with van der Waals surface area (Å²) in [7, 11) is 0. The van der Waals surface area contributed by atoms with Gasteiger partial charge in [-0.1, -0.05) is 0 Å². The van der Waals surface area contributed by atoms with Crippen molar-refractivity contribution in [2.75, 3.05) is 6.61 Å². The molecular formula is C11H10N2O3. The normalized spacial score (nSPS) is 10.1. The molecule has 0 fully saturated rings. The summed E-state index contributed by atoms with van der Waals surface area (Å²) in [5.41, 5.74) is 0.720. The zero-order valence-electron chi connectivity index (χ0n) is 8.71. The average molecular weight is 218 g/mol. The third-order valence-corrected chi connectivity index (χ3v) is 1.89. The first-order valence-corrected chi connectivity index (χ1v) is 4.84. The van der Waals surface area contributed by atoms with Gasteiger partial charge in [0.2, 0.25) is 11.7 Å². The molecule has 0 unspecified atom stereocenters. The number of nitrogens with zero attached hydrogens (tertiary/aromatic N) is 2. The van der Waals surface area contributed by atoms with Crippen molar-refractivity contribution in [2.24, 2.45) is 0 Å². The first kappa shape index (κ1) is 10.4. The van der Waals surface area contributed by atoms with E-state index >= 15 is 0 Å². The van der Waals surface area contributed by atoms with Crippen molar-refractivity contribution in [3.63, 3.8) is 0 Å². The Labute approximate surface area is 92.1 Å². The molecule has 2 heterocycles. The molecule has 0 atom stereocenters. The van der Waals surface area contributed by atoms with Crippen LogP contribution in [0.25, 0.3) is 11.5 Å². The van der Waals surface area contributed by atoms with Gasteiger partial charge in [0.05, 0.1) is 18.4 Å². The number of carbonyl (C=O) groups is 1. The minimum Gasteiger partial charge on any atom is -0.460 e. The molecule has 0 spiro atoms. The van der Waals surface area contributed by atoms with Gasteiger partial charge in [-0.15, -0.1) is 0 Å². The highest BCUT2D eigenvalue weighted by Gasteiger charge is 2.14. The van der Waals surface area contributed by atoms with Gasteiger partial charge in [-0.3, -0.25) is 4.98 Å². The van der Waals surface area contributed by atoms with Crippen molar-refractivity contribution >= 4 is 5.97 Å². The van der Waals surface area contributed by atoms with Gasteiger partial charge < -0.3 is 9.15 Å². The lowest BCUT2D eigenvalue weighted by molar-refractivity contribution is 0.0491. The van der Waals surface area contributed by atoms with Gasteiger partial charge in [0.1, 0.15) is 0 Å². The first-order chi connectivity index (χ1) is 7.81. The summed E-state index contributed by atoms with van der Waals surface area (Å²) in [6, 6.07) is 3.57. The monoisotopic (exact) mass is 218 g/mol. The molecule has 82 valence electrons. The Hall–Kier alpha value is -2.17. The maximum Gasteiger partial charge on any atom is 0.375 e. The highest BCUT2D eigenvalue weighted by molar-refractivity contribution is 5.86. The summed E-state index contributed by atoms with van der Waals surface area (Å²) in [6.07, 6.45) is 4.61. The van der Waals surface area contributed by atoms with Gasteiger partial charge in [0.25, 0.3) is 0 Å². The number of aromatic nitrogens is 2. The molecule has 0 aliphatic heterocycles. The van der Waals surface area contributed by atoms with E-state index in [0.717, 1.165) is 5.56 Å². The Bertz CT molecular complexity index is 479. The fourth-order valence-corrected chi connectivity index (χ4v) is 1.19. The van der Waals surface area contributed by atoms with Crippen LogP contribution in [0.5, 0.6) is 0 Å². The van der Waals surface area contributed by atoms with Gasteiger partial charge in [-0.05, 0) is 19.1 Å². The minimum absolute atomic E-state index is 0.0979. The SMILES string of the molecule is CCOC(=O)c1cnc(-c2cccnc2)o1. The fourth-order valence-electron chi connectivity index (χ4n) is 1.19. The number of ether oxygens (including phenoxy) is 1. The minimum atomic E-state index is -0.509. The van der Waals surface area contributed by atoms with Crippen LogP contribution < -0.4 is 0 Å². The van der Waals surface area contributed by atoms with E-state index in [2.05, 4.69) is 9.97 Å². The molecule has 16 heavy (non-hydrogen) atoms. The number of rotatable bonds is 3. The molecule has 0 saturated carbocycles. The Morgan fingerprint density at radius 1 is 1.50 bits per heavy atom. The summed E-state index contributed by atoms with van der Waals surface area (Å²) in [4.78, 5) is 19.2. The lowest BCUT2D eigenvalue weighted by Crippen LogP contribution is -2.02. The Balaban J connectivity index is 2.23. The summed E-state index contributed by atoms with van der Waals surface area (Å²) in [5.74, 6) is -0.0537. The molecule has 0 aliphatic rings. The predicted octanol–water partition coefficient (Wildman–Crippen LogP) is 1.91. The average Bonchev–Trinajstić information content (AvgIpc) is 2.80. The molecule has 2 rings (SSSR count). The van der Waals surface area contributed by atoms with Crippen LogP contribution in [-0.4, -0.2) is 22.5 Å². The van der Waals surface area contributed by atoms with Crippen LogP contribution in [0.15, 0.2) is 35.1 Å². The van der Waals surface area contributed by atoms with Crippen LogP contribution in [0.4, 0.5) is 0 Å². The second-order valence-electron chi connectivity index (χ2n) is 2.99. The van der Waals surface area contributed by atoms with Crippen LogP contribution in [0.3, 0.4) is 0 Å². The molecule has 0 saturated heterocycles. The number of carbonyl (C=O) groups excluding carboxylic acids is 1. The lowest BCUT2D eigenvalue weighted by Gasteiger charge is -1.96. The second-order valence-corrected chi connectivity index (χ2v) is 2.99. The number of hydrogen-bond acceptors (Lipinski definition) is 5. The van der Waals surface area contributed by atoms with E-state index in [1.54, 1.807) is 31.5 Å². The van der Waals surface area contributed by atoms with Crippen molar-refractivity contribution in [2.45, 2.75) is 6.92 Å². The quantitative estimate of drug-likeness (QED) is 0.736. The molecule has 0 bridgehead atoms. The molecule has 5 heteroatoms. The van der Waals surface area contributed by atoms with Gasteiger partial charge in [-0.25, -0.2) is 9.78 Å². The summed E-state index contributed by atoms with van der Waals surface area (Å²) in [6.45, 7) is 2.04. The van der Waals surface area contributed by atoms with E-state index < -0.39 is 5.97 Å². The second kappa shape index (κ2) is 4.57. The summed E-state index contributed by atoms with van der Waals surface area (Å²) < 4.78 is 10.0. The van der Waals surface area contributed by atoms with Crippen molar-refractivity contribution in [1.29, 1.82) is 0 Å². The predicted molar refractivity (Wildman–Crippen MR) is 55.7 cm³/mol. The largest absolute Gasteiger partial charge is 0.460 e. The van der Waals surface area contributed by atoms with E-state index in [4.69, 9.17) is 9.15 Å². The van der Waals surface area contributed by atoms with Crippen LogP contribution in [0.2, 0.25) is 0 Å². The number of pyridine rings is 1. The molecule has 2 aromatic heterocycles. The molecule has 0 N–H and O–H groups in total. The smallest absolute Gasteiger partial charge is 0.375 e. The van der Waals surface area contributed by atoms with Crippen LogP contribution in [-0.2, 0) is 4.74 Å². The van der Waals surface area contributed by atoms with Crippen LogP contribution >= 0.6 is 0 Å². The number of hydrogen-bond donors (Lipinski definition) is 0.